The van der Waals surface area contributed by atoms with Crippen molar-refractivity contribution in [1.82, 2.24) is 0 Å². The third-order valence-corrected chi connectivity index (χ3v) is 5.38. The Morgan fingerprint density at radius 2 is 1.67 bits per heavy atom. The van der Waals surface area contributed by atoms with E-state index in [9.17, 15) is 12.8 Å². The third kappa shape index (κ3) is 4.19. The van der Waals surface area contributed by atoms with Crippen LogP contribution in [0.3, 0.4) is 0 Å². The number of rotatable bonds is 4. The normalized spacial score (nSPS) is 14.2. The van der Waals surface area contributed by atoms with Crippen LogP contribution >= 0.6 is 11.6 Å². The van der Waals surface area contributed by atoms with E-state index in [0.29, 0.717) is 40.9 Å². The van der Waals surface area contributed by atoms with Gasteiger partial charge in [0, 0.05) is 6.42 Å². The van der Waals surface area contributed by atoms with Gasteiger partial charge in [-0.25, -0.2) is 12.8 Å². The predicted octanol–water partition coefficient (Wildman–Crippen LogP) is 3.76. The molecule has 0 aromatic heterocycles. The summed E-state index contributed by atoms with van der Waals surface area (Å²) in [6.45, 7) is 1.00. The summed E-state index contributed by atoms with van der Waals surface area (Å²) < 4.78 is 48.8. The first-order valence-corrected chi connectivity index (χ1v) is 9.66. The number of halogens is 2. The molecule has 0 N–H and O–H groups in total. The van der Waals surface area contributed by atoms with E-state index in [1.807, 2.05) is 0 Å². The minimum atomic E-state index is -3.43. The largest absolute Gasteiger partial charge is 0.489 e. The lowest BCUT2D eigenvalue weighted by Crippen LogP contribution is -2.08. The second-order valence-electron chi connectivity index (χ2n) is 5.61. The molecule has 1 heterocycles. The highest BCUT2D eigenvalue weighted by atomic mass is 35.5. The zero-order chi connectivity index (χ0) is 17.2. The first kappa shape index (κ1) is 17.0. The van der Waals surface area contributed by atoms with Crippen LogP contribution in [-0.4, -0.2) is 21.6 Å². The van der Waals surface area contributed by atoms with Crippen LogP contribution < -0.4 is 9.47 Å². The molecule has 0 saturated heterocycles. The van der Waals surface area contributed by atoms with Crippen molar-refractivity contribution >= 4 is 21.4 Å². The van der Waals surface area contributed by atoms with Crippen molar-refractivity contribution in [3.8, 4) is 11.5 Å². The highest BCUT2D eigenvalue weighted by Gasteiger charge is 2.19. The van der Waals surface area contributed by atoms with E-state index >= 15 is 0 Å². The number of ether oxygens (including phenoxy) is 2. The summed E-state index contributed by atoms with van der Waals surface area (Å²) in [5.74, 6) is 0.173. The van der Waals surface area contributed by atoms with Gasteiger partial charge in [0.15, 0.2) is 21.3 Å². The predicted molar refractivity (Wildman–Crippen MR) is 89.8 cm³/mol. The molecule has 0 bridgehead atoms. The van der Waals surface area contributed by atoms with Crippen molar-refractivity contribution in [1.29, 1.82) is 0 Å². The molecule has 0 fully saturated rings. The van der Waals surface area contributed by atoms with E-state index in [-0.39, 0.29) is 11.5 Å². The maximum Gasteiger partial charge on any atom is 0.179 e. The number of sulfone groups is 1. The molecule has 1 aliphatic heterocycles. The highest BCUT2D eigenvalue weighted by molar-refractivity contribution is 7.89. The van der Waals surface area contributed by atoms with Gasteiger partial charge in [0.1, 0.15) is 5.82 Å². The Bertz CT molecular complexity index is 834. The van der Waals surface area contributed by atoms with Crippen molar-refractivity contribution < 1.29 is 22.3 Å². The molecule has 2 aromatic carbocycles. The quantitative estimate of drug-likeness (QED) is 0.822. The summed E-state index contributed by atoms with van der Waals surface area (Å²) in [6, 6.07) is 8.65. The molecule has 24 heavy (non-hydrogen) atoms. The van der Waals surface area contributed by atoms with Crippen molar-refractivity contribution in [2.24, 2.45) is 0 Å². The van der Waals surface area contributed by atoms with Crippen LogP contribution in [0.15, 0.2) is 36.4 Å². The Balaban J connectivity index is 1.80. The average Bonchev–Trinajstić information content (AvgIpc) is 2.74. The highest BCUT2D eigenvalue weighted by Crippen LogP contribution is 2.38. The molecule has 0 atom stereocenters. The zero-order valence-electron chi connectivity index (χ0n) is 12.8. The third-order valence-electron chi connectivity index (χ3n) is 3.55. The molecule has 0 unspecified atom stereocenters. The number of hydrogen-bond donors (Lipinski definition) is 0. The van der Waals surface area contributed by atoms with Gasteiger partial charge in [-0.05, 0) is 35.4 Å². The van der Waals surface area contributed by atoms with Gasteiger partial charge in [0.25, 0.3) is 0 Å². The topological polar surface area (TPSA) is 52.6 Å². The van der Waals surface area contributed by atoms with E-state index < -0.39 is 15.7 Å². The van der Waals surface area contributed by atoms with Gasteiger partial charge in [-0.3, -0.25) is 0 Å². The van der Waals surface area contributed by atoms with Crippen LogP contribution in [0.2, 0.25) is 5.02 Å². The molecule has 0 radical (unpaired) electrons. The van der Waals surface area contributed by atoms with Crippen LogP contribution in [0, 0.1) is 5.82 Å². The molecule has 2 aromatic rings. The summed E-state index contributed by atoms with van der Waals surface area (Å²) in [4.78, 5) is 0. The summed E-state index contributed by atoms with van der Waals surface area (Å²) in [5, 5.41) is 0.335. The van der Waals surface area contributed by atoms with E-state index in [1.165, 1.54) is 24.3 Å². The van der Waals surface area contributed by atoms with E-state index in [4.69, 9.17) is 21.1 Å². The van der Waals surface area contributed by atoms with Crippen molar-refractivity contribution in [3.63, 3.8) is 0 Å². The van der Waals surface area contributed by atoms with Crippen LogP contribution in [0.1, 0.15) is 17.5 Å². The Hall–Kier alpha value is -1.79. The number of hydrogen-bond acceptors (Lipinski definition) is 4. The molecule has 0 amide bonds. The fourth-order valence-corrected chi connectivity index (χ4v) is 4.27. The molecule has 0 aliphatic carbocycles. The van der Waals surface area contributed by atoms with Gasteiger partial charge in [-0.2, -0.15) is 0 Å². The minimum absolute atomic E-state index is 0.167. The Labute approximate surface area is 145 Å². The molecular formula is C17H16ClFO4S. The van der Waals surface area contributed by atoms with Gasteiger partial charge in [-0.1, -0.05) is 23.7 Å². The summed E-state index contributed by atoms with van der Waals surface area (Å²) in [5.41, 5.74) is 1.07. The lowest BCUT2D eigenvalue weighted by atomic mass is 10.2. The molecule has 0 saturated carbocycles. The van der Waals surface area contributed by atoms with Crippen molar-refractivity contribution in [3.05, 3.63) is 58.4 Å². The van der Waals surface area contributed by atoms with Gasteiger partial charge >= 0.3 is 0 Å². The van der Waals surface area contributed by atoms with Crippen LogP contribution in [0.25, 0.3) is 0 Å². The summed E-state index contributed by atoms with van der Waals surface area (Å²) >= 11 is 6.18. The number of fused-ring (bicyclic) bond motifs is 1. The first-order chi connectivity index (χ1) is 11.4. The molecule has 4 nitrogen and oxygen atoms in total. The lowest BCUT2D eigenvalue weighted by Gasteiger charge is -2.12. The van der Waals surface area contributed by atoms with Gasteiger partial charge in [0.05, 0.1) is 29.7 Å². The van der Waals surface area contributed by atoms with E-state index in [2.05, 4.69) is 0 Å². The molecule has 7 heteroatoms. The van der Waals surface area contributed by atoms with E-state index in [0.717, 1.165) is 6.42 Å². The smallest absolute Gasteiger partial charge is 0.179 e. The molecule has 3 rings (SSSR count). The molecule has 0 spiro atoms. The maximum absolute atomic E-state index is 12.9. The molecule has 128 valence electrons. The monoisotopic (exact) mass is 370 g/mol. The fraction of sp³-hybridized carbons (Fsp3) is 0.294. The summed E-state index contributed by atoms with van der Waals surface area (Å²) in [7, 11) is -3.43. The Morgan fingerprint density at radius 3 is 2.42 bits per heavy atom. The van der Waals surface area contributed by atoms with Crippen LogP contribution in [0.5, 0.6) is 11.5 Å². The first-order valence-electron chi connectivity index (χ1n) is 7.46. The second-order valence-corrected chi connectivity index (χ2v) is 8.09. The van der Waals surface area contributed by atoms with Gasteiger partial charge in [0.2, 0.25) is 0 Å². The number of benzene rings is 2. The molecule has 1 aliphatic rings. The summed E-state index contributed by atoms with van der Waals surface area (Å²) in [6.07, 6.45) is 0.739. The SMILES string of the molecule is O=S(=O)(Cc1ccc(F)cc1)Cc1cc(Cl)c2c(c1)OCCCO2. The zero-order valence-corrected chi connectivity index (χ0v) is 14.4. The minimum Gasteiger partial charge on any atom is -0.489 e. The van der Waals surface area contributed by atoms with Crippen LogP contribution in [0.4, 0.5) is 4.39 Å². The fourth-order valence-electron chi connectivity index (χ4n) is 2.51. The second kappa shape index (κ2) is 6.99. The van der Waals surface area contributed by atoms with Gasteiger partial charge in [-0.15, -0.1) is 0 Å². The molecular weight excluding hydrogens is 355 g/mol. The van der Waals surface area contributed by atoms with Gasteiger partial charge < -0.3 is 9.47 Å². The van der Waals surface area contributed by atoms with E-state index in [1.54, 1.807) is 12.1 Å². The van der Waals surface area contributed by atoms with Crippen molar-refractivity contribution in [2.45, 2.75) is 17.9 Å². The lowest BCUT2D eigenvalue weighted by molar-refractivity contribution is 0.297. The Kier molecular flexibility index (Phi) is 4.96. The van der Waals surface area contributed by atoms with Crippen molar-refractivity contribution in [2.75, 3.05) is 13.2 Å². The Morgan fingerprint density at radius 1 is 1.00 bits per heavy atom. The average molecular weight is 371 g/mol. The van der Waals surface area contributed by atoms with Crippen LogP contribution in [-0.2, 0) is 21.3 Å². The standard InChI is InChI=1S/C17H16ClFO4S/c18-15-8-13(9-16-17(15)23-7-1-6-22-16)11-24(20,21)10-12-2-4-14(19)5-3-12/h2-5,8-9H,1,6-7,10-11H2. The maximum atomic E-state index is 12.9.